The third kappa shape index (κ3) is 2.36. The summed E-state index contributed by atoms with van der Waals surface area (Å²) in [6, 6.07) is 5.21. The molecule has 2 atom stereocenters. The fourth-order valence-electron chi connectivity index (χ4n) is 3.54. The lowest BCUT2D eigenvalue weighted by Crippen LogP contribution is -2.51. The van der Waals surface area contributed by atoms with Crippen LogP contribution in [0.1, 0.15) is 29.9 Å². The van der Waals surface area contributed by atoms with Crippen molar-refractivity contribution in [2.75, 3.05) is 13.7 Å². The minimum absolute atomic E-state index is 0.0184. The number of halogens is 3. The van der Waals surface area contributed by atoms with Gasteiger partial charge in [-0.2, -0.15) is 13.2 Å². The van der Waals surface area contributed by atoms with E-state index < -0.39 is 12.1 Å². The number of rotatable bonds is 1. The van der Waals surface area contributed by atoms with Gasteiger partial charge in [-0.15, -0.1) is 0 Å². The van der Waals surface area contributed by atoms with Crippen molar-refractivity contribution >= 4 is 5.91 Å². The highest BCUT2D eigenvalue weighted by atomic mass is 19.4. The number of alkyl halides is 3. The largest absolute Gasteiger partial charge is 0.497 e. The summed E-state index contributed by atoms with van der Waals surface area (Å²) in [5.74, 6) is -1.03. The van der Waals surface area contributed by atoms with E-state index in [0.29, 0.717) is 18.6 Å². The molecule has 1 aromatic carbocycles. The molecular weight excluding hydrogens is 283 g/mol. The van der Waals surface area contributed by atoms with E-state index in [0.717, 1.165) is 22.4 Å². The van der Waals surface area contributed by atoms with Gasteiger partial charge in [-0.25, -0.2) is 0 Å². The number of nitrogens with zero attached hydrogens (tertiary/aromatic N) is 1. The Bertz CT molecular complexity index is 571. The van der Waals surface area contributed by atoms with Crippen LogP contribution < -0.4 is 4.74 Å². The molecule has 0 saturated carbocycles. The van der Waals surface area contributed by atoms with E-state index >= 15 is 0 Å². The first-order chi connectivity index (χ1) is 9.91. The lowest BCUT2D eigenvalue weighted by atomic mass is 9.88. The Morgan fingerprint density at radius 1 is 1.38 bits per heavy atom. The maximum Gasteiger partial charge on any atom is 0.471 e. The molecule has 1 heterocycles. The molecule has 1 unspecified atom stereocenters. The molecule has 0 radical (unpaired) electrons. The van der Waals surface area contributed by atoms with Gasteiger partial charge in [-0.1, -0.05) is 6.07 Å². The molecule has 1 aromatic rings. The van der Waals surface area contributed by atoms with Gasteiger partial charge in [-0.05, 0) is 42.5 Å². The minimum atomic E-state index is -4.80. The average Bonchev–Trinajstić information content (AvgIpc) is 2.83. The summed E-state index contributed by atoms with van der Waals surface area (Å²) in [7, 11) is 1.56. The molecule has 0 N–H and O–H groups in total. The average molecular weight is 299 g/mol. The second kappa shape index (κ2) is 4.93. The summed E-state index contributed by atoms with van der Waals surface area (Å²) >= 11 is 0. The highest BCUT2D eigenvalue weighted by Gasteiger charge is 2.49. The van der Waals surface area contributed by atoms with Gasteiger partial charge in [0.15, 0.2) is 0 Å². The Hall–Kier alpha value is -1.72. The first-order valence-electron chi connectivity index (χ1n) is 6.96. The monoisotopic (exact) mass is 299 g/mol. The molecule has 0 spiro atoms. The van der Waals surface area contributed by atoms with Crippen LogP contribution >= 0.6 is 0 Å². The van der Waals surface area contributed by atoms with Crippen molar-refractivity contribution in [2.24, 2.45) is 0 Å². The molecule has 1 saturated heterocycles. The van der Waals surface area contributed by atoms with Crippen LogP contribution in [0.15, 0.2) is 18.2 Å². The molecule has 1 fully saturated rings. The topological polar surface area (TPSA) is 29.5 Å². The van der Waals surface area contributed by atoms with Crippen LogP contribution in [0.3, 0.4) is 0 Å². The maximum absolute atomic E-state index is 12.7. The van der Waals surface area contributed by atoms with Crippen molar-refractivity contribution in [2.45, 2.75) is 37.4 Å². The number of hydrogen-bond acceptors (Lipinski definition) is 2. The quantitative estimate of drug-likeness (QED) is 0.798. The number of benzene rings is 1. The summed E-state index contributed by atoms with van der Waals surface area (Å²) in [6.45, 7) is 0.185. The third-order valence-corrected chi connectivity index (χ3v) is 4.46. The second-order valence-corrected chi connectivity index (χ2v) is 5.58. The van der Waals surface area contributed by atoms with E-state index in [2.05, 4.69) is 0 Å². The zero-order chi connectivity index (χ0) is 15.2. The van der Waals surface area contributed by atoms with Gasteiger partial charge in [0.2, 0.25) is 0 Å². The number of ether oxygens (including phenoxy) is 1. The molecule has 0 aromatic heterocycles. The van der Waals surface area contributed by atoms with E-state index in [1.54, 1.807) is 7.11 Å². The Balaban J connectivity index is 1.91. The van der Waals surface area contributed by atoms with Gasteiger partial charge in [0.05, 0.1) is 7.11 Å². The van der Waals surface area contributed by atoms with Crippen molar-refractivity contribution in [3.8, 4) is 5.75 Å². The number of carbonyl (C=O) groups excluding carboxylic acids is 1. The number of fused-ring (bicyclic) bond motifs is 3. The van der Waals surface area contributed by atoms with E-state index in [4.69, 9.17) is 4.74 Å². The van der Waals surface area contributed by atoms with E-state index in [1.807, 2.05) is 18.2 Å². The molecule has 114 valence electrons. The molecule has 6 heteroatoms. The number of carbonyl (C=O) groups is 1. The fourth-order valence-corrected chi connectivity index (χ4v) is 3.54. The lowest BCUT2D eigenvalue weighted by Gasteiger charge is -2.38. The Morgan fingerprint density at radius 2 is 2.14 bits per heavy atom. The number of piperidine rings is 1. The highest BCUT2D eigenvalue weighted by Crippen LogP contribution is 2.44. The van der Waals surface area contributed by atoms with Crippen LogP contribution in [0.4, 0.5) is 13.2 Å². The molecule has 3 rings (SSSR count). The van der Waals surface area contributed by atoms with Crippen molar-refractivity contribution in [1.82, 2.24) is 4.90 Å². The zero-order valence-electron chi connectivity index (χ0n) is 11.6. The van der Waals surface area contributed by atoms with Crippen molar-refractivity contribution in [3.63, 3.8) is 0 Å². The summed E-state index contributed by atoms with van der Waals surface area (Å²) in [5, 5.41) is 0. The van der Waals surface area contributed by atoms with Gasteiger partial charge in [0.25, 0.3) is 0 Å². The Labute approximate surface area is 120 Å². The van der Waals surface area contributed by atoms with Crippen LogP contribution in [0, 0.1) is 0 Å². The molecule has 2 aliphatic rings. The molecule has 3 nitrogen and oxygen atoms in total. The molecule has 1 aliphatic heterocycles. The molecular formula is C15H16F3NO2. The Kier molecular flexibility index (Phi) is 3.34. The smallest absolute Gasteiger partial charge is 0.471 e. The first-order valence-corrected chi connectivity index (χ1v) is 6.96. The number of hydrogen-bond donors (Lipinski definition) is 0. The number of amides is 1. The normalized spacial score (nSPS) is 24.5. The van der Waals surface area contributed by atoms with Gasteiger partial charge in [-0.3, -0.25) is 4.79 Å². The highest BCUT2D eigenvalue weighted by molar-refractivity contribution is 5.82. The summed E-state index contributed by atoms with van der Waals surface area (Å²) in [5.41, 5.74) is 2.05. The minimum Gasteiger partial charge on any atom is -0.497 e. The first kappa shape index (κ1) is 14.2. The van der Waals surface area contributed by atoms with Gasteiger partial charge >= 0.3 is 12.1 Å². The Morgan fingerprint density at radius 3 is 2.81 bits per heavy atom. The zero-order valence-corrected chi connectivity index (χ0v) is 11.6. The van der Waals surface area contributed by atoms with E-state index in [1.165, 1.54) is 0 Å². The van der Waals surface area contributed by atoms with Crippen molar-refractivity contribution in [1.29, 1.82) is 0 Å². The van der Waals surface area contributed by atoms with Crippen LogP contribution in [0.5, 0.6) is 5.75 Å². The standard InChI is InChI=1S/C15H16F3NO2/c1-21-10-5-4-9-7-13-11(12(9)8-10)3-2-6-19(13)14(20)15(16,17)18/h4-5,8,11,13H,2-3,6-7H2,1H3/t11?,13-/m0/s1. The predicted molar refractivity (Wildman–Crippen MR) is 70.2 cm³/mol. The van der Waals surface area contributed by atoms with Gasteiger partial charge < -0.3 is 9.64 Å². The predicted octanol–water partition coefficient (Wildman–Crippen LogP) is 2.89. The molecule has 0 bridgehead atoms. The molecule has 1 amide bonds. The van der Waals surface area contributed by atoms with Crippen molar-refractivity contribution in [3.05, 3.63) is 29.3 Å². The number of methoxy groups -OCH3 is 1. The summed E-state index contributed by atoms with van der Waals surface area (Å²) in [6.07, 6.45) is -2.90. The summed E-state index contributed by atoms with van der Waals surface area (Å²) in [4.78, 5) is 12.6. The lowest BCUT2D eigenvalue weighted by molar-refractivity contribution is -0.189. The van der Waals surface area contributed by atoms with Crippen LogP contribution in [0.2, 0.25) is 0 Å². The summed E-state index contributed by atoms with van der Waals surface area (Å²) < 4.78 is 43.4. The van der Waals surface area contributed by atoms with E-state index in [-0.39, 0.29) is 18.5 Å². The third-order valence-electron chi connectivity index (χ3n) is 4.46. The second-order valence-electron chi connectivity index (χ2n) is 5.58. The van der Waals surface area contributed by atoms with E-state index in [9.17, 15) is 18.0 Å². The fraction of sp³-hybridized carbons (Fsp3) is 0.533. The number of likely N-dealkylation sites (tertiary alicyclic amines) is 1. The van der Waals surface area contributed by atoms with Gasteiger partial charge in [0, 0.05) is 18.5 Å². The molecule has 1 aliphatic carbocycles. The van der Waals surface area contributed by atoms with Crippen LogP contribution in [-0.4, -0.2) is 36.7 Å². The van der Waals surface area contributed by atoms with Crippen molar-refractivity contribution < 1.29 is 22.7 Å². The molecule has 21 heavy (non-hydrogen) atoms. The maximum atomic E-state index is 12.7. The van der Waals surface area contributed by atoms with Crippen LogP contribution in [-0.2, 0) is 11.2 Å². The SMILES string of the molecule is COc1ccc2c(c1)C1CCCN(C(=O)C(F)(F)F)[C@H]1C2. The van der Waals surface area contributed by atoms with Crippen LogP contribution in [0.25, 0.3) is 0 Å². The van der Waals surface area contributed by atoms with Gasteiger partial charge in [0.1, 0.15) is 5.75 Å².